The molecule has 17 heavy (non-hydrogen) atoms. The number of rotatable bonds is 2. The maximum absolute atomic E-state index is 11.9. The summed E-state index contributed by atoms with van der Waals surface area (Å²) in [6.45, 7) is 1.61. The van der Waals surface area contributed by atoms with Crippen LogP contribution in [0.4, 0.5) is 0 Å². The van der Waals surface area contributed by atoms with Crippen LogP contribution in [0.15, 0.2) is 0 Å². The highest BCUT2D eigenvalue weighted by atomic mass is 16.2. The van der Waals surface area contributed by atoms with Gasteiger partial charge in [0.1, 0.15) is 6.04 Å². The van der Waals surface area contributed by atoms with Crippen LogP contribution in [0.5, 0.6) is 0 Å². The summed E-state index contributed by atoms with van der Waals surface area (Å²) in [5, 5.41) is 8.10. The van der Waals surface area contributed by atoms with E-state index in [-0.39, 0.29) is 17.7 Å². The van der Waals surface area contributed by atoms with Crippen molar-refractivity contribution < 1.29 is 14.4 Å². The van der Waals surface area contributed by atoms with Gasteiger partial charge in [0.25, 0.3) is 0 Å². The molecule has 6 nitrogen and oxygen atoms in total. The number of piperidine rings is 2. The average Bonchev–Trinajstić information content (AvgIpc) is 2.34. The molecule has 0 radical (unpaired) electrons. The highest BCUT2D eigenvalue weighted by Crippen LogP contribution is 2.11. The molecule has 3 N–H and O–H groups in total. The monoisotopic (exact) mass is 239 g/mol. The van der Waals surface area contributed by atoms with Crippen molar-refractivity contribution in [1.29, 1.82) is 0 Å². The molecule has 2 rings (SSSR count). The molecule has 0 aromatic rings. The Morgan fingerprint density at radius 1 is 1.29 bits per heavy atom. The molecule has 3 amide bonds. The molecule has 2 aliphatic heterocycles. The summed E-state index contributed by atoms with van der Waals surface area (Å²) in [5.74, 6) is -0.806. The van der Waals surface area contributed by atoms with Crippen LogP contribution in [0.1, 0.15) is 25.7 Å². The van der Waals surface area contributed by atoms with E-state index in [1.807, 2.05) is 0 Å². The van der Waals surface area contributed by atoms with Gasteiger partial charge in [-0.2, -0.15) is 0 Å². The Morgan fingerprint density at radius 2 is 2.12 bits per heavy atom. The Hall–Kier alpha value is -1.43. The van der Waals surface area contributed by atoms with Crippen molar-refractivity contribution >= 4 is 17.7 Å². The van der Waals surface area contributed by atoms with Crippen LogP contribution in [-0.4, -0.2) is 36.9 Å². The van der Waals surface area contributed by atoms with Crippen molar-refractivity contribution in [3.05, 3.63) is 0 Å². The molecule has 0 saturated carbocycles. The molecule has 2 atom stereocenters. The predicted octanol–water partition coefficient (Wildman–Crippen LogP) is -1.09. The second kappa shape index (κ2) is 5.27. The summed E-state index contributed by atoms with van der Waals surface area (Å²) in [4.78, 5) is 34.3. The van der Waals surface area contributed by atoms with Crippen LogP contribution in [0.25, 0.3) is 0 Å². The van der Waals surface area contributed by atoms with Gasteiger partial charge in [-0.25, -0.2) is 0 Å². The van der Waals surface area contributed by atoms with Gasteiger partial charge in [0.2, 0.25) is 17.7 Å². The SMILES string of the molecule is O=C1CCC(NC(=O)C2CCCNC2)C(=O)N1. The zero-order chi connectivity index (χ0) is 12.3. The van der Waals surface area contributed by atoms with E-state index < -0.39 is 11.9 Å². The minimum Gasteiger partial charge on any atom is -0.344 e. The maximum Gasteiger partial charge on any atom is 0.249 e. The Kier molecular flexibility index (Phi) is 3.73. The molecule has 2 unspecified atom stereocenters. The Morgan fingerprint density at radius 3 is 2.76 bits per heavy atom. The van der Waals surface area contributed by atoms with Crippen LogP contribution < -0.4 is 16.0 Å². The topological polar surface area (TPSA) is 87.3 Å². The molecule has 2 heterocycles. The number of carbonyl (C=O) groups excluding carboxylic acids is 3. The van der Waals surface area contributed by atoms with Crippen LogP contribution in [-0.2, 0) is 14.4 Å². The maximum atomic E-state index is 11.9. The molecular formula is C11H17N3O3. The lowest BCUT2D eigenvalue weighted by molar-refractivity contribution is -0.138. The van der Waals surface area contributed by atoms with E-state index in [2.05, 4.69) is 16.0 Å². The average molecular weight is 239 g/mol. The first-order valence-electron chi connectivity index (χ1n) is 6.01. The molecule has 2 saturated heterocycles. The lowest BCUT2D eigenvalue weighted by atomic mass is 9.97. The summed E-state index contributed by atoms with van der Waals surface area (Å²) >= 11 is 0. The third-order valence-electron chi connectivity index (χ3n) is 3.22. The predicted molar refractivity (Wildman–Crippen MR) is 59.9 cm³/mol. The van der Waals surface area contributed by atoms with Crippen molar-refractivity contribution in [2.75, 3.05) is 13.1 Å². The molecule has 94 valence electrons. The largest absolute Gasteiger partial charge is 0.344 e. The molecule has 0 bridgehead atoms. The van der Waals surface area contributed by atoms with Gasteiger partial charge in [-0.1, -0.05) is 0 Å². The van der Waals surface area contributed by atoms with E-state index >= 15 is 0 Å². The zero-order valence-electron chi connectivity index (χ0n) is 9.62. The minimum atomic E-state index is -0.554. The molecule has 0 aromatic heterocycles. The van der Waals surface area contributed by atoms with Crippen molar-refractivity contribution in [3.63, 3.8) is 0 Å². The first-order valence-corrected chi connectivity index (χ1v) is 6.01. The molecule has 0 spiro atoms. The van der Waals surface area contributed by atoms with Crippen molar-refractivity contribution in [2.45, 2.75) is 31.7 Å². The molecule has 2 aliphatic rings. The van der Waals surface area contributed by atoms with Gasteiger partial charge in [-0.15, -0.1) is 0 Å². The number of nitrogens with one attached hydrogen (secondary N) is 3. The second-order valence-electron chi connectivity index (χ2n) is 4.56. The molecule has 6 heteroatoms. The molecule has 2 fully saturated rings. The van der Waals surface area contributed by atoms with E-state index in [1.54, 1.807) is 0 Å². The molecular weight excluding hydrogens is 222 g/mol. The van der Waals surface area contributed by atoms with Crippen LogP contribution >= 0.6 is 0 Å². The Labute approximate surface area is 99.5 Å². The van der Waals surface area contributed by atoms with Gasteiger partial charge < -0.3 is 10.6 Å². The molecule has 0 aromatic carbocycles. The third kappa shape index (κ3) is 3.03. The summed E-state index contributed by atoms with van der Waals surface area (Å²) in [5.41, 5.74) is 0. The van der Waals surface area contributed by atoms with Gasteiger partial charge in [0.05, 0.1) is 5.92 Å². The van der Waals surface area contributed by atoms with Gasteiger partial charge in [0, 0.05) is 13.0 Å². The van der Waals surface area contributed by atoms with Gasteiger partial charge in [-0.05, 0) is 25.8 Å². The second-order valence-corrected chi connectivity index (χ2v) is 4.56. The fourth-order valence-corrected chi connectivity index (χ4v) is 2.20. The first-order chi connectivity index (χ1) is 8.16. The summed E-state index contributed by atoms with van der Waals surface area (Å²) < 4.78 is 0. The van der Waals surface area contributed by atoms with E-state index in [0.29, 0.717) is 19.4 Å². The Bertz CT molecular complexity index is 337. The lowest BCUT2D eigenvalue weighted by Crippen LogP contribution is -2.54. The fourth-order valence-electron chi connectivity index (χ4n) is 2.20. The van der Waals surface area contributed by atoms with E-state index in [0.717, 1.165) is 19.4 Å². The standard InChI is InChI=1S/C11H17N3O3/c15-9-4-3-8(11(17)14-9)13-10(16)7-2-1-5-12-6-7/h7-8,12H,1-6H2,(H,13,16)(H,14,15,17). The number of amides is 3. The van der Waals surface area contributed by atoms with E-state index in [1.165, 1.54) is 0 Å². The number of hydrogen-bond donors (Lipinski definition) is 3. The van der Waals surface area contributed by atoms with Gasteiger partial charge in [-0.3, -0.25) is 19.7 Å². The summed E-state index contributed by atoms with van der Waals surface area (Å²) in [6.07, 6.45) is 2.52. The van der Waals surface area contributed by atoms with Gasteiger partial charge >= 0.3 is 0 Å². The van der Waals surface area contributed by atoms with E-state index in [4.69, 9.17) is 0 Å². The summed E-state index contributed by atoms with van der Waals surface area (Å²) in [7, 11) is 0. The third-order valence-corrected chi connectivity index (χ3v) is 3.22. The lowest BCUT2D eigenvalue weighted by Gasteiger charge is -2.26. The smallest absolute Gasteiger partial charge is 0.249 e. The number of imide groups is 1. The number of hydrogen-bond acceptors (Lipinski definition) is 4. The van der Waals surface area contributed by atoms with Crippen molar-refractivity contribution in [3.8, 4) is 0 Å². The molecule has 0 aliphatic carbocycles. The highest BCUT2D eigenvalue weighted by Gasteiger charge is 2.30. The normalized spacial score (nSPS) is 29.6. The summed E-state index contributed by atoms with van der Waals surface area (Å²) in [6, 6.07) is -0.554. The zero-order valence-corrected chi connectivity index (χ0v) is 9.62. The van der Waals surface area contributed by atoms with Crippen LogP contribution in [0.2, 0.25) is 0 Å². The minimum absolute atomic E-state index is 0.0609. The van der Waals surface area contributed by atoms with E-state index in [9.17, 15) is 14.4 Å². The highest BCUT2D eigenvalue weighted by molar-refractivity contribution is 6.01. The van der Waals surface area contributed by atoms with Crippen molar-refractivity contribution in [2.24, 2.45) is 5.92 Å². The Balaban J connectivity index is 1.85. The van der Waals surface area contributed by atoms with Crippen LogP contribution in [0.3, 0.4) is 0 Å². The quantitative estimate of drug-likeness (QED) is 0.534. The van der Waals surface area contributed by atoms with Crippen LogP contribution in [0, 0.1) is 5.92 Å². The van der Waals surface area contributed by atoms with Crippen molar-refractivity contribution in [1.82, 2.24) is 16.0 Å². The number of carbonyl (C=O) groups is 3. The van der Waals surface area contributed by atoms with Gasteiger partial charge in [0.15, 0.2) is 0 Å². The first kappa shape index (κ1) is 12.0. The fraction of sp³-hybridized carbons (Fsp3) is 0.727.